The van der Waals surface area contributed by atoms with Crippen LogP contribution in [0.5, 0.6) is 0 Å². The van der Waals surface area contributed by atoms with Crippen molar-refractivity contribution in [1.82, 2.24) is 0 Å². The summed E-state index contributed by atoms with van der Waals surface area (Å²) < 4.78 is 13.4. The van der Waals surface area contributed by atoms with Gasteiger partial charge in [-0.05, 0) is 71.5 Å². The predicted molar refractivity (Wildman–Crippen MR) is 115 cm³/mol. The Kier molecular flexibility index (Phi) is 10.8. The van der Waals surface area contributed by atoms with E-state index in [9.17, 15) is 0 Å². The van der Waals surface area contributed by atoms with Gasteiger partial charge >= 0.3 is 0 Å². The van der Waals surface area contributed by atoms with Crippen LogP contribution in [0, 0.1) is 0 Å². The SMILES string of the molecule is CCC(O[Si](C)(C)C(C)O[Si](C)(C)CCCN)[Si](C)(C)CCCN. The first-order valence-electron chi connectivity index (χ1n) is 9.67. The third kappa shape index (κ3) is 8.73. The van der Waals surface area contributed by atoms with E-state index in [4.69, 9.17) is 20.3 Å². The van der Waals surface area contributed by atoms with Gasteiger partial charge in [0.05, 0.1) is 13.8 Å². The minimum atomic E-state index is -1.90. The molecule has 0 aliphatic rings. The third-order valence-corrected chi connectivity index (χ3v) is 15.1. The van der Waals surface area contributed by atoms with Crippen molar-refractivity contribution in [3.63, 3.8) is 0 Å². The van der Waals surface area contributed by atoms with E-state index in [1.807, 2.05) is 0 Å². The van der Waals surface area contributed by atoms with E-state index in [1.54, 1.807) is 0 Å². The van der Waals surface area contributed by atoms with Gasteiger partial charge in [-0.15, -0.1) is 0 Å². The van der Waals surface area contributed by atoms with Gasteiger partial charge in [-0.25, -0.2) is 0 Å². The van der Waals surface area contributed by atoms with Crippen LogP contribution >= 0.6 is 0 Å². The van der Waals surface area contributed by atoms with Crippen molar-refractivity contribution in [3.8, 4) is 0 Å². The minimum Gasteiger partial charge on any atom is -0.415 e. The van der Waals surface area contributed by atoms with Gasteiger partial charge in [-0.2, -0.15) is 0 Å². The Hall–Kier alpha value is 0.491. The monoisotopic (exact) mass is 392 g/mol. The lowest BCUT2D eigenvalue weighted by molar-refractivity contribution is 0.193. The van der Waals surface area contributed by atoms with Gasteiger partial charge in [-0.1, -0.05) is 26.1 Å². The lowest BCUT2D eigenvalue weighted by Gasteiger charge is -2.42. The highest BCUT2D eigenvalue weighted by Gasteiger charge is 2.41. The number of hydrogen-bond acceptors (Lipinski definition) is 4. The molecular formula is C17H44N2O2Si3. The lowest BCUT2D eigenvalue weighted by atomic mass is 10.5. The van der Waals surface area contributed by atoms with Crippen LogP contribution in [-0.2, 0) is 8.85 Å². The maximum absolute atomic E-state index is 6.79. The van der Waals surface area contributed by atoms with E-state index in [1.165, 1.54) is 6.04 Å². The molecule has 0 aliphatic carbocycles. The molecule has 0 amide bonds. The molecule has 0 saturated heterocycles. The van der Waals surface area contributed by atoms with Crippen molar-refractivity contribution >= 4 is 24.7 Å². The smallest absolute Gasteiger partial charge is 0.213 e. The molecule has 0 aromatic heterocycles. The lowest BCUT2D eigenvalue weighted by Crippen LogP contribution is -2.56. The van der Waals surface area contributed by atoms with Gasteiger partial charge in [-0.3, -0.25) is 0 Å². The first-order valence-corrected chi connectivity index (χ1v) is 19.1. The summed E-state index contributed by atoms with van der Waals surface area (Å²) >= 11 is 0. The van der Waals surface area contributed by atoms with Crippen LogP contribution in [0.15, 0.2) is 0 Å². The summed E-state index contributed by atoms with van der Waals surface area (Å²) in [7, 11) is -4.98. The zero-order valence-electron chi connectivity index (χ0n) is 17.6. The molecule has 4 N–H and O–H groups in total. The molecule has 2 unspecified atom stereocenters. The highest BCUT2D eigenvalue weighted by atomic mass is 28.4. The Bertz CT molecular complexity index is 353. The molecule has 0 bridgehead atoms. The van der Waals surface area contributed by atoms with Crippen molar-refractivity contribution in [2.75, 3.05) is 13.1 Å². The minimum absolute atomic E-state index is 0.227. The van der Waals surface area contributed by atoms with Gasteiger partial charge in [0.15, 0.2) is 8.32 Å². The topological polar surface area (TPSA) is 70.5 Å². The molecule has 0 spiro atoms. The molecule has 24 heavy (non-hydrogen) atoms. The Morgan fingerprint density at radius 2 is 1.33 bits per heavy atom. The largest absolute Gasteiger partial charge is 0.415 e. The maximum Gasteiger partial charge on any atom is 0.213 e. The first kappa shape index (κ1) is 24.5. The molecule has 0 aromatic rings. The van der Waals surface area contributed by atoms with Gasteiger partial charge in [0.2, 0.25) is 8.32 Å². The van der Waals surface area contributed by atoms with Gasteiger partial charge in [0.25, 0.3) is 0 Å². The molecule has 146 valence electrons. The Balaban J connectivity index is 4.89. The second-order valence-electron chi connectivity index (χ2n) is 8.91. The average molecular weight is 393 g/mol. The molecular weight excluding hydrogens is 348 g/mol. The van der Waals surface area contributed by atoms with Crippen LogP contribution in [-0.4, -0.2) is 49.3 Å². The summed E-state index contributed by atoms with van der Waals surface area (Å²) in [6.07, 6.45) is 3.28. The van der Waals surface area contributed by atoms with Crippen LogP contribution in [0.4, 0.5) is 0 Å². The highest BCUT2D eigenvalue weighted by molar-refractivity contribution is 6.81. The van der Waals surface area contributed by atoms with Crippen molar-refractivity contribution < 1.29 is 8.85 Å². The Morgan fingerprint density at radius 1 is 0.833 bits per heavy atom. The molecule has 2 atom stereocenters. The van der Waals surface area contributed by atoms with Crippen molar-refractivity contribution in [3.05, 3.63) is 0 Å². The van der Waals surface area contributed by atoms with Gasteiger partial charge < -0.3 is 20.3 Å². The van der Waals surface area contributed by atoms with Crippen LogP contribution in [0.25, 0.3) is 0 Å². The van der Waals surface area contributed by atoms with E-state index in [-0.39, 0.29) is 5.73 Å². The summed E-state index contributed by atoms with van der Waals surface area (Å²) in [5.41, 5.74) is 12.0. The summed E-state index contributed by atoms with van der Waals surface area (Å²) in [6.45, 7) is 20.2. The normalized spacial score (nSPS) is 16.2. The van der Waals surface area contributed by atoms with Gasteiger partial charge in [0, 0.05) is 5.73 Å². The molecule has 0 heterocycles. The van der Waals surface area contributed by atoms with E-state index in [0.717, 1.165) is 38.4 Å². The quantitative estimate of drug-likeness (QED) is 0.463. The van der Waals surface area contributed by atoms with Crippen LogP contribution in [0.3, 0.4) is 0 Å². The number of nitrogens with two attached hydrogens (primary N) is 2. The van der Waals surface area contributed by atoms with Crippen LogP contribution in [0.1, 0.15) is 33.1 Å². The first-order chi connectivity index (χ1) is 10.9. The molecule has 0 fully saturated rings. The molecule has 4 nitrogen and oxygen atoms in total. The Labute approximate surface area is 154 Å². The molecule has 0 aromatic carbocycles. The summed E-state index contributed by atoms with van der Waals surface area (Å²) in [6, 6.07) is 2.38. The van der Waals surface area contributed by atoms with E-state index in [0.29, 0.717) is 5.73 Å². The second-order valence-corrected chi connectivity index (χ2v) is 22.5. The summed E-state index contributed by atoms with van der Waals surface area (Å²) in [4.78, 5) is 0. The zero-order chi connectivity index (χ0) is 19.0. The van der Waals surface area contributed by atoms with E-state index < -0.39 is 24.7 Å². The van der Waals surface area contributed by atoms with E-state index >= 15 is 0 Å². The molecule has 0 radical (unpaired) electrons. The fourth-order valence-electron chi connectivity index (χ4n) is 3.18. The predicted octanol–water partition coefficient (Wildman–Crippen LogP) is 4.08. The summed E-state index contributed by atoms with van der Waals surface area (Å²) in [5, 5.41) is 0. The molecule has 0 rings (SSSR count). The Morgan fingerprint density at radius 3 is 1.79 bits per heavy atom. The van der Waals surface area contributed by atoms with Crippen molar-refractivity contribution in [2.24, 2.45) is 11.5 Å². The fraction of sp³-hybridized carbons (Fsp3) is 1.00. The van der Waals surface area contributed by atoms with Crippen LogP contribution < -0.4 is 11.5 Å². The zero-order valence-corrected chi connectivity index (χ0v) is 20.6. The van der Waals surface area contributed by atoms with Crippen molar-refractivity contribution in [1.29, 1.82) is 0 Å². The highest BCUT2D eigenvalue weighted by Crippen LogP contribution is 2.28. The standard InChI is InChI=1S/C17H44N2O2Si3/c1-9-17(22(3,4)14-10-12-18)21-24(7,8)16(2)20-23(5,6)15-11-13-19/h16-17H,9-15,18-19H2,1-8H3. The third-order valence-electron chi connectivity index (χ3n) is 5.17. The van der Waals surface area contributed by atoms with E-state index in [2.05, 4.69) is 53.1 Å². The maximum atomic E-state index is 6.79. The number of rotatable bonds is 13. The number of hydrogen-bond donors (Lipinski definition) is 2. The second kappa shape index (κ2) is 10.6. The molecule has 7 heteroatoms. The van der Waals surface area contributed by atoms with Crippen LogP contribution in [0.2, 0.25) is 51.4 Å². The summed E-state index contributed by atoms with van der Waals surface area (Å²) in [5.74, 6) is 0. The fourth-order valence-corrected chi connectivity index (χ4v) is 13.2. The molecule has 0 saturated carbocycles. The average Bonchev–Trinajstić information content (AvgIpc) is 2.48. The van der Waals surface area contributed by atoms with Crippen molar-refractivity contribution in [2.45, 2.75) is 95.9 Å². The van der Waals surface area contributed by atoms with Gasteiger partial charge in [0.1, 0.15) is 0 Å². The molecule has 0 aliphatic heterocycles.